The lowest BCUT2D eigenvalue weighted by Crippen LogP contribution is -2.56. The fourth-order valence-electron chi connectivity index (χ4n) is 5.23. The number of ketones is 1. The van der Waals surface area contributed by atoms with Gasteiger partial charge in [0.15, 0.2) is 5.78 Å². The number of carbonyl (C=O) groups excluding carboxylic acids is 4. The smallest absolute Gasteiger partial charge is 0.273 e. The molecule has 8 heteroatoms. The van der Waals surface area contributed by atoms with Gasteiger partial charge in [-0.25, -0.2) is 5.01 Å². The minimum atomic E-state index is -1.10. The summed E-state index contributed by atoms with van der Waals surface area (Å²) in [4.78, 5) is 53.8. The van der Waals surface area contributed by atoms with E-state index >= 15 is 0 Å². The van der Waals surface area contributed by atoms with Crippen LogP contribution in [-0.2, 0) is 9.59 Å². The third-order valence-electron chi connectivity index (χ3n) is 6.84. The van der Waals surface area contributed by atoms with Gasteiger partial charge in [0.2, 0.25) is 0 Å². The topological polar surface area (TPSA) is 74.8 Å². The molecular formula is C25H20Cl2N2O4. The van der Waals surface area contributed by atoms with Gasteiger partial charge < -0.3 is 0 Å². The fraction of sp³-hybridized carbons (Fsp3) is 0.280. The molecule has 2 aliphatic carbocycles. The van der Waals surface area contributed by atoms with Crippen LogP contribution in [0.5, 0.6) is 0 Å². The van der Waals surface area contributed by atoms with E-state index in [4.69, 9.17) is 23.2 Å². The molecule has 168 valence electrons. The fourth-order valence-corrected chi connectivity index (χ4v) is 5.48. The predicted octanol–water partition coefficient (Wildman–Crippen LogP) is 4.43. The van der Waals surface area contributed by atoms with Crippen molar-refractivity contribution in [1.82, 2.24) is 10.0 Å². The zero-order valence-electron chi connectivity index (χ0n) is 17.7. The SMILES string of the molecule is C[C@H](C(=O)c1ccc(Cl)cc1)N(C(=O)c1ccc(Cl)cc1)N1C(=O)[C@@H]2[C@H](C1=O)[C@H]1C=C[C@H]2C1. The van der Waals surface area contributed by atoms with Crippen LogP contribution in [0, 0.1) is 23.7 Å². The van der Waals surface area contributed by atoms with E-state index in [2.05, 4.69) is 0 Å². The lowest BCUT2D eigenvalue weighted by Gasteiger charge is -2.35. The molecule has 2 aromatic carbocycles. The van der Waals surface area contributed by atoms with Crippen LogP contribution in [0.2, 0.25) is 10.0 Å². The number of carbonyl (C=O) groups is 4. The summed E-state index contributed by atoms with van der Waals surface area (Å²) in [5, 5.41) is 2.84. The molecule has 1 heterocycles. The number of imide groups is 1. The number of nitrogens with zero attached hydrogens (tertiary/aromatic N) is 2. The Hall–Kier alpha value is -2.96. The van der Waals surface area contributed by atoms with Crippen molar-refractivity contribution >= 4 is 46.7 Å². The molecule has 0 unspecified atom stereocenters. The number of fused-ring (bicyclic) bond motifs is 5. The highest BCUT2D eigenvalue weighted by molar-refractivity contribution is 6.31. The lowest BCUT2D eigenvalue weighted by atomic mass is 9.85. The largest absolute Gasteiger partial charge is 0.292 e. The third kappa shape index (κ3) is 3.49. The first-order valence-corrected chi connectivity index (χ1v) is 11.5. The minimum Gasteiger partial charge on any atom is -0.292 e. The van der Waals surface area contributed by atoms with Gasteiger partial charge in [-0.15, -0.1) is 0 Å². The van der Waals surface area contributed by atoms with E-state index in [-0.39, 0.29) is 17.4 Å². The highest BCUT2D eigenvalue weighted by atomic mass is 35.5. The number of Topliss-reactive ketones (excluding diaryl/α,β-unsaturated/α-hetero) is 1. The van der Waals surface area contributed by atoms with Crippen molar-refractivity contribution in [1.29, 1.82) is 0 Å². The minimum absolute atomic E-state index is 0.0174. The zero-order valence-corrected chi connectivity index (χ0v) is 19.2. The summed E-state index contributed by atoms with van der Waals surface area (Å²) < 4.78 is 0. The van der Waals surface area contributed by atoms with Crippen molar-refractivity contribution in [2.75, 3.05) is 0 Å². The Morgan fingerprint density at radius 3 is 1.79 bits per heavy atom. The first-order chi connectivity index (χ1) is 15.8. The predicted molar refractivity (Wildman–Crippen MR) is 122 cm³/mol. The van der Waals surface area contributed by atoms with Gasteiger partial charge in [0.05, 0.1) is 11.8 Å². The molecule has 1 aliphatic heterocycles. The number of benzene rings is 2. The highest BCUT2D eigenvalue weighted by Gasteiger charge is 2.61. The number of hydrogen-bond acceptors (Lipinski definition) is 4. The molecule has 0 radical (unpaired) electrons. The van der Waals surface area contributed by atoms with Gasteiger partial charge in [0.25, 0.3) is 17.7 Å². The molecule has 0 N–H and O–H groups in total. The van der Waals surface area contributed by atoms with E-state index in [9.17, 15) is 19.2 Å². The Balaban J connectivity index is 1.54. The maximum Gasteiger partial charge on any atom is 0.273 e. The van der Waals surface area contributed by atoms with Gasteiger partial charge in [-0.2, -0.15) is 5.01 Å². The van der Waals surface area contributed by atoms with Gasteiger partial charge in [-0.3, -0.25) is 19.2 Å². The summed E-state index contributed by atoms with van der Waals surface area (Å²) in [5.74, 6) is -2.92. The number of hydrogen-bond donors (Lipinski definition) is 0. The standard InChI is InChI=1S/C25H20Cl2N2O4/c1-13(22(30)14-4-8-18(26)9-5-14)28(23(31)15-6-10-19(27)11-7-15)29-24(32)20-16-2-3-17(12-16)21(20)25(29)33/h2-11,13,16-17,20-21H,12H2,1H3/t13-,16+,17+,20-,21+/m1/s1. The zero-order chi connectivity index (χ0) is 23.4. The average molecular weight is 483 g/mol. The summed E-state index contributed by atoms with van der Waals surface area (Å²) in [7, 11) is 0. The van der Waals surface area contributed by atoms with Crippen LogP contribution < -0.4 is 0 Å². The molecule has 0 spiro atoms. The summed E-state index contributed by atoms with van der Waals surface area (Å²) in [6.07, 6.45) is 4.73. The molecule has 2 aromatic rings. The van der Waals surface area contributed by atoms with Crippen molar-refractivity contribution in [3.8, 4) is 0 Å². The molecule has 5 atom stereocenters. The highest BCUT2D eigenvalue weighted by Crippen LogP contribution is 2.53. The molecule has 3 aliphatic rings. The Bertz CT molecular complexity index is 1160. The number of halogens is 2. The monoisotopic (exact) mass is 482 g/mol. The van der Waals surface area contributed by atoms with Gasteiger partial charge >= 0.3 is 0 Å². The van der Waals surface area contributed by atoms with E-state index in [0.29, 0.717) is 15.6 Å². The van der Waals surface area contributed by atoms with Crippen molar-refractivity contribution in [3.63, 3.8) is 0 Å². The van der Waals surface area contributed by atoms with Crippen molar-refractivity contribution < 1.29 is 19.2 Å². The van der Waals surface area contributed by atoms with Crippen molar-refractivity contribution in [2.45, 2.75) is 19.4 Å². The van der Waals surface area contributed by atoms with Crippen LogP contribution in [-0.4, -0.2) is 39.6 Å². The number of allylic oxidation sites excluding steroid dienone is 2. The van der Waals surface area contributed by atoms with Crippen LogP contribution >= 0.6 is 23.2 Å². The molecule has 1 saturated heterocycles. The molecule has 3 amide bonds. The molecule has 33 heavy (non-hydrogen) atoms. The summed E-state index contributed by atoms with van der Waals surface area (Å²) >= 11 is 11.9. The summed E-state index contributed by atoms with van der Waals surface area (Å²) in [6, 6.07) is 11.3. The van der Waals surface area contributed by atoms with E-state index in [1.807, 2.05) is 12.2 Å². The van der Waals surface area contributed by atoms with E-state index in [1.54, 1.807) is 36.4 Å². The van der Waals surface area contributed by atoms with Crippen molar-refractivity contribution in [3.05, 3.63) is 81.9 Å². The number of amides is 3. The second-order valence-electron chi connectivity index (χ2n) is 8.69. The number of rotatable bonds is 5. The van der Waals surface area contributed by atoms with Crippen LogP contribution in [0.4, 0.5) is 0 Å². The average Bonchev–Trinajstić information content (AvgIpc) is 3.49. The van der Waals surface area contributed by atoms with Crippen molar-refractivity contribution in [2.24, 2.45) is 23.7 Å². The van der Waals surface area contributed by atoms with Crippen LogP contribution in [0.25, 0.3) is 0 Å². The quantitative estimate of drug-likeness (QED) is 0.358. The second-order valence-corrected chi connectivity index (χ2v) is 9.56. The van der Waals surface area contributed by atoms with Crippen LogP contribution in [0.15, 0.2) is 60.7 Å². The molecule has 6 nitrogen and oxygen atoms in total. The third-order valence-corrected chi connectivity index (χ3v) is 7.34. The second kappa shape index (κ2) is 8.12. The molecule has 0 aromatic heterocycles. The van der Waals surface area contributed by atoms with E-state index in [1.165, 1.54) is 19.1 Å². The van der Waals surface area contributed by atoms with Gasteiger partial charge in [-0.1, -0.05) is 35.4 Å². The molecule has 2 bridgehead atoms. The van der Waals surface area contributed by atoms with Gasteiger partial charge in [0.1, 0.15) is 6.04 Å². The Kier molecular flexibility index (Phi) is 5.38. The first kappa shape index (κ1) is 21.9. The maximum atomic E-state index is 13.6. The normalized spacial score (nSPS) is 26.0. The van der Waals surface area contributed by atoms with E-state index < -0.39 is 41.4 Å². The molecule has 5 rings (SSSR count). The van der Waals surface area contributed by atoms with Gasteiger partial charge in [-0.05, 0) is 73.7 Å². The molecule has 2 fully saturated rings. The first-order valence-electron chi connectivity index (χ1n) is 10.7. The lowest BCUT2D eigenvalue weighted by molar-refractivity contribution is -0.157. The molecule has 1 saturated carbocycles. The Morgan fingerprint density at radius 2 is 1.30 bits per heavy atom. The maximum absolute atomic E-state index is 13.6. The van der Waals surface area contributed by atoms with Crippen LogP contribution in [0.1, 0.15) is 34.1 Å². The molecular weight excluding hydrogens is 463 g/mol. The summed E-state index contributed by atoms with van der Waals surface area (Å²) in [5.41, 5.74) is 0.538. The Morgan fingerprint density at radius 1 is 0.848 bits per heavy atom. The number of hydrazine groups is 1. The Labute approximate surface area is 200 Å². The van der Waals surface area contributed by atoms with Crippen LogP contribution in [0.3, 0.4) is 0 Å². The summed E-state index contributed by atoms with van der Waals surface area (Å²) in [6.45, 7) is 1.52. The van der Waals surface area contributed by atoms with E-state index in [0.717, 1.165) is 16.4 Å². The van der Waals surface area contributed by atoms with Gasteiger partial charge in [0, 0.05) is 21.2 Å².